The van der Waals surface area contributed by atoms with Gasteiger partial charge in [0.2, 0.25) is 11.1 Å². The Balaban J connectivity index is 3.01. The van der Waals surface area contributed by atoms with E-state index in [4.69, 9.17) is 4.55 Å². The van der Waals surface area contributed by atoms with Gasteiger partial charge in [0.1, 0.15) is 0 Å². The predicted molar refractivity (Wildman–Crippen MR) is 36.9 cm³/mol. The molecule has 0 aliphatic carbocycles. The lowest BCUT2D eigenvalue weighted by molar-refractivity contribution is 0.548. The first kappa shape index (κ1) is 7.43. The zero-order valence-corrected chi connectivity index (χ0v) is 6.34. The number of aromatic nitrogens is 2. The first-order valence-corrected chi connectivity index (χ1v) is 3.97. The van der Waals surface area contributed by atoms with Crippen molar-refractivity contribution in [2.24, 2.45) is 0 Å². The van der Waals surface area contributed by atoms with Gasteiger partial charge in [-0.1, -0.05) is 0 Å². The maximum absolute atomic E-state index is 10.5. The highest BCUT2D eigenvalue weighted by Crippen LogP contribution is 2.02. The van der Waals surface area contributed by atoms with E-state index in [0.717, 1.165) is 0 Å². The molecule has 0 radical (unpaired) electrons. The molecule has 0 saturated carbocycles. The van der Waals surface area contributed by atoms with Gasteiger partial charge >= 0.3 is 0 Å². The average molecular weight is 160 g/mol. The lowest BCUT2D eigenvalue weighted by Gasteiger charge is -1.97. The van der Waals surface area contributed by atoms with Gasteiger partial charge in [-0.15, -0.1) is 0 Å². The molecule has 0 bridgehead atoms. The molecule has 4 nitrogen and oxygen atoms in total. The van der Waals surface area contributed by atoms with Gasteiger partial charge in [-0.25, -0.2) is 9.19 Å². The van der Waals surface area contributed by atoms with Crippen LogP contribution >= 0.6 is 0 Å². The molecule has 0 amide bonds. The third-order valence-electron chi connectivity index (χ3n) is 1.19. The average Bonchev–Trinajstić information content (AvgIpc) is 2.33. The smallest absolute Gasteiger partial charge is 0.205 e. The van der Waals surface area contributed by atoms with Crippen LogP contribution in [-0.2, 0) is 17.6 Å². The van der Waals surface area contributed by atoms with Gasteiger partial charge in [-0.2, -0.15) is 0 Å². The van der Waals surface area contributed by atoms with E-state index in [9.17, 15) is 4.21 Å². The van der Waals surface area contributed by atoms with Crippen molar-refractivity contribution >= 4 is 11.1 Å². The van der Waals surface area contributed by atoms with E-state index in [1.165, 1.54) is 12.5 Å². The summed E-state index contributed by atoms with van der Waals surface area (Å²) in [6.45, 7) is 2.56. The molecule has 0 saturated heterocycles. The summed E-state index contributed by atoms with van der Waals surface area (Å²) in [5.74, 6) is 0. The molecule has 10 heavy (non-hydrogen) atoms. The Morgan fingerprint density at radius 3 is 3.00 bits per heavy atom. The normalized spacial score (nSPS) is 13.4. The predicted octanol–water partition coefficient (Wildman–Crippen LogP) is 0.484. The topological polar surface area (TPSA) is 55.1 Å². The highest BCUT2D eigenvalue weighted by Gasteiger charge is 2.04. The second-order valence-corrected chi connectivity index (χ2v) is 2.68. The number of hydrogen-bond donors (Lipinski definition) is 1. The van der Waals surface area contributed by atoms with Gasteiger partial charge in [-0.3, -0.25) is 0 Å². The number of aryl methyl sites for hydroxylation is 1. The minimum absolute atomic E-state index is 0.350. The van der Waals surface area contributed by atoms with Crippen molar-refractivity contribution in [3.63, 3.8) is 0 Å². The maximum Gasteiger partial charge on any atom is 0.205 e. The molecule has 0 aliphatic rings. The van der Waals surface area contributed by atoms with Crippen LogP contribution in [0, 0.1) is 0 Å². The van der Waals surface area contributed by atoms with Crippen LogP contribution in [0.2, 0.25) is 0 Å². The minimum Gasteiger partial charge on any atom is -0.322 e. The van der Waals surface area contributed by atoms with Crippen molar-refractivity contribution in [1.82, 2.24) is 9.55 Å². The van der Waals surface area contributed by atoms with Gasteiger partial charge in [0.05, 0.1) is 12.5 Å². The van der Waals surface area contributed by atoms with Crippen LogP contribution in [0.4, 0.5) is 0 Å². The Hall–Kier alpha value is -0.680. The molecule has 1 atom stereocenters. The van der Waals surface area contributed by atoms with Gasteiger partial charge < -0.3 is 9.12 Å². The molecule has 1 unspecified atom stereocenters. The minimum atomic E-state index is -1.91. The Kier molecular flexibility index (Phi) is 2.18. The molecule has 0 spiro atoms. The van der Waals surface area contributed by atoms with E-state index < -0.39 is 11.1 Å². The van der Waals surface area contributed by atoms with Crippen molar-refractivity contribution < 1.29 is 8.76 Å². The van der Waals surface area contributed by atoms with E-state index >= 15 is 0 Å². The standard InChI is InChI=1S/C5H8N2O2S/c1-2-7-4-6-3-5(7)10(8)9/h3-4H,2H2,1H3,(H,8,9). The zero-order chi connectivity index (χ0) is 7.56. The Morgan fingerprint density at radius 1 is 1.90 bits per heavy atom. The summed E-state index contributed by atoms with van der Waals surface area (Å²) in [6.07, 6.45) is 2.92. The molecule has 1 rings (SSSR count). The van der Waals surface area contributed by atoms with Gasteiger partial charge in [0.25, 0.3) is 0 Å². The van der Waals surface area contributed by atoms with Crippen molar-refractivity contribution in [1.29, 1.82) is 0 Å². The SMILES string of the molecule is CCn1cncc1S(=O)O. The second-order valence-electron chi connectivity index (χ2n) is 1.77. The molecular formula is C5H8N2O2S. The van der Waals surface area contributed by atoms with Crippen LogP contribution in [0.5, 0.6) is 0 Å². The fourth-order valence-electron chi connectivity index (χ4n) is 0.692. The molecule has 1 heterocycles. The molecule has 0 fully saturated rings. The Labute approximate surface area is 61.2 Å². The zero-order valence-electron chi connectivity index (χ0n) is 5.52. The fourth-order valence-corrected chi connectivity index (χ4v) is 1.22. The molecule has 1 N–H and O–H groups in total. The number of nitrogens with zero attached hydrogens (tertiary/aromatic N) is 2. The molecule has 0 aromatic carbocycles. The van der Waals surface area contributed by atoms with Crippen LogP contribution in [0.3, 0.4) is 0 Å². The van der Waals surface area contributed by atoms with Gasteiger partial charge in [0.15, 0.2) is 5.03 Å². The number of rotatable bonds is 2. The third kappa shape index (κ3) is 1.25. The van der Waals surface area contributed by atoms with Crippen molar-refractivity contribution in [2.45, 2.75) is 18.5 Å². The maximum atomic E-state index is 10.5. The lowest BCUT2D eigenvalue weighted by atomic mass is 10.7. The highest BCUT2D eigenvalue weighted by atomic mass is 32.2. The number of imidazole rings is 1. The molecule has 56 valence electrons. The quantitative estimate of drug-likeness (QED) is 0.640. The summed E-state index contributed by atoms with van der Waals surface area (Å²) in [7, 11) is 0. The highest BCUT2D eigenvalue weighted by molar-refractivity contribution is 7.79. The van der Waals surface area contributed by atoms with Gasteiger partial charge in [-0.05, 0) is 6.92 Å². The largest absolute Gasteiger partial charge is 0.322 e. The van der Waals surface area contributed by atoms with Crippen LogP contribution in [0.1, 0.15) is 6.92 Å². The first-order valence-electron chi connectivity index (χ1n) is 2.86. The summed E-state index contributed by atoms with van der Waals surface area (Å²) >= 11 is -1.91. The summed E-state index contributed by atoms with van der Waals surface area (Å²) in [4.78, 5) is 3.72. The van der Waals surface area contributed by atoms with E-state index in [1.807, 2.05) is 6.92 Å². The van der Waals surface area contributed by atoms with E-state index in [2.05, 4.69) is 4.98 Å². The van der Waals surface area contributed by atoms with E-state index in [1.54, 1.807) is 4.57 Å². The van der Waals surface area contributed by atoms with Crippen molar-refractivity contribution in [2.75, 3.05) is 0 Å². The molecule has 1 aromatic heterocycles. The Bertz CT molecular complexity index is 246. The summed E-state index contributed by atoms with van der Waals surface area (Å²) in [6, 6.07) is 0. The van der Waals surface area contributed by atoms with Gasteiger partial charge in [0, 0.05) is 6.54 Å². The molecule has 5 heteroatoms. The fraction of sp³-hybridized carbons (Fsp3) is 0.400. The van der Waals surface area contributed by atoms with Crippen molar-refractivity contribution in [3.8, 4) is 0 Å². The van der Waals surface area contributed by atoms with E-state index in [-0.39, 0.29) is 0 Å². The summed E-state index contributed by atoms with van der Waals surface area (Å²) < 4.78 is 20.7. The number of hydrogen-bond acceptors (Lipinski definition) is 2. The third-order valence-corrected chi connectivity index (χ3v) is 1.89. The van der Waals surface area contributed by atoms with E-state index in [0.29, 0.717) is 11.6 Å². The second kappa shape index (κ2) is 2.94. The van der Waals surface area contributed by atoms with Crippen LogP contribution in [-0.4, -0.2) is 18.3 Å². The van der Waals surface area contributed by atoms with Crippen LogP contribution < -0.4 is 0 Å². The molecular weight excluding hydrogens is 152 g/mol. The van der Waals surface area contributed by atoms with Crippen LogP contribution in [0.25, 0.3) is 0 Å². The molecule has 0 aliphatic heterocycles. The first-order chi connectivity index (χ1) is 4.75. The lowest BCUT2D eigenvalue weighted by Crippen LogP contribution is -2.00. The summed E-state index contributed by atoms with van der Waals surface area (Å²) in [5.41, 5.74) is 0. The monoisotopic (exact) mass is 160 g/mol. The van der Waals surface area contributed by atoms with Crippen molar-refractivity contribution in [3.05, 3.63) is 12.5 Å². The summed E-state index contributed by atoms with van der Waals surface area (Å²) in [5, 5.41) is 0.350. The van der Waals surface area contributed by atoms with Crippen LogP contribution in [0.15, 0.2) is 17.6 Å². The molecule has 1 aromatic rings. The Morgan fingerprint density at radius 2 is 2.60 bits per heavy atom.